The van der Waals surface area contributed by atoms with Crippen molar-refractivity contribution < 1.29 is 4.79 Å². The number of carbonyl (C=O) groups is 1. The van der Waals surface area contributed by atoms with E-state index >= 15 is 0 Å². The zero-order chi connectivity index (χ0) is 12.7. The van der Waals surface area contributed by atoms with Crippen molar-refractivity contribution >= 4 is 5.91 Å². The number of amides is 1. The second kappa shape index (κ2) is 7.70. The summed E-state index contributed by atoms with van der Waals surface area (Å²) in [5, 5.41) is 3.41. The molecule has 1 aliphatic rings. The number of unbranched alkanes of at least 4 members (excludes halogenated alkanes) is 4. The van der Waals surface area contributed by atoms with Crippen LogP contribution in [0.15, 0.2) is 0 Å². The quantitative estimate of drug-likeness (QED) is 0.662. The van der Waals surface area contributed by atoms with Gasteiger partial charge < -0.3 is 4.90 Å². The minimum absolute atomic E-state index is 0.0797. The van der Waals surface area contributed by atoms with E-state index in [0.717, 1.165) is 32.2 Å². The predicted molar refractivity (Wildman–Crippen MR) is 71.8 cm³/mol. The van der Waals surface area contributed by atoms with E-state index in [0.29, 0.717) is 5.91 Å². The maximum absolute atomic E-state index is 12.1. The lowest BCUT2D eigenvalue weighted by molar-refractivity contribution is -0.130. The van der Waals surface area contributed by atoms with Crippen LogP contribution in [0.3, 0.4) is 0 Å². The fourth-order valence-corrected chi connectivity index (χ4v) is 2.47. The molecule has 0 aromatic carbocycles. The largest absolute Gasteiger partial charge is 0.326 e. The molecule has 1 fully saturated rings. The first kappa shape index (κ1) is 14.5. The molecule has 3 nitrogen and oxygen atoms in total. The SMILES string of the molecule is CCCCCCN1C(=O)C(CCCC)NC1C. The van der Waals surface area contributed by atoms with E-state index < -0.39 is 0 Å². The maximum Gasteiger partial charge on any atom is 0.241 e. The Labute approximate surface area is 106 Å². The zero-order valence-corrected chi connectivity index (χ0v) is 11.7. The summed E-state index contributed by atoms with van der Waals surface area (Å²) in [5.41, 5.74) is 0. The summed E-state index contributed by atoms with van der Waals surface area (Å²) in [6, 6.07) is 0.0797. The molecule has 2 unspecified atom stereocenters. The highest BCUT2D eigenvalue weighted by Gasteiger charge is 2.34. The van der Waals surface area contributed by atoms with Crippen molar-refractivity contribution in [1.82, 2.24) is 10.2 Å². The molecule has 0 aromatic rings. The van der Waals surface area contributed by atoms with Gasteiger partial charge in [0.05, 0.1) is 12.2 Å². The number of nitrogens with zero attached hydrogens (tertiary/aromatic N) is 1. The van der Waals surface area contributed by atoms with Crippen molar-refractivity contribution in [2.75, 3.05) is 6.54 Å². The van der Waals surface area contributed by atoms with E-state index in [-0.39, 0.29) is 12.2 Å². The van der Waals surface area contributed by atoms with Crippen LogP contribution in [0.5, 0.6) is 0 Å². The first-order chi connectivity index (χ1) is 8.20. The predicted octanol–water partition coefficient (Wildman–Crippen LogP) is 2.90. The van der Waals surface area contributed by atoms with Crippen LogP contribution in [0.2, 0.25) is 0 Å². The smallest absolute Gasteiger partial charge is 0.241 e. The van der Waals surface area contributed by atoms with E-state index in [4.69, 9.17) is 0 Å². The van der Waals surface area contributed by atoms with Crippen molar-refractivity contribution in [3.63, 3.8) is 0 Å². The number of hydrogen-bond donors (Lipinski definition) is 1. The monoisotopic (exact) mass is 240 g/mol. The van der Waals surface area contributed by atoms with Crippen molar-refractivity contribution in [1.29, 1.82) is 0 Å². The average molecular weight is 240 g/mol. The molecule has 1 heterocycles. The first-order valence-electron chi connectivity index (χ1n) is 7.27. The molecule has 0 aliphatic carbocycles. The Morgan fingerprint density at radius 1 is 1.12 bits per heavy atom. The molecule has 1 rings (SSSR count). The van der Waals surface area contributed by atoms with Gasteiger partial charge in [0, 0.05) is 6.54 Å². The lowest BCUT2D eigenvalue weighted by atomic mass is 10.1. The lowest BCUT2D eigenvalue weighted by Crippen LogP contribution is -2.35. The number of hydrogen-bond acceptors (Lipinski definition) is 2. The van der Waals surface area contributed by atoms with E-state index in [1.807, 2.05) is 4.90 Å². The van der Waals surface area contributed by atoms with Crippen molar-refractivity contribution in [3.8, 4) is 0 Å². The molecular weight excluding hydrogens is 212 g/mol. The Balaban J connectivity index is 2.31. The van der Waals surface area contributed by atoms with Crippen LogP contribution in [0.1, 0.15) is 65.7 Å². The highest BCUT2D eigenvalue weighted by Crippen LogP contribution is 2.16. The minimum Gasteiger partial charge on any atom is -0.326 e. The first-order valence-corrected chi connectivity index (χ1v) is 7.27. The Hall–Kier alpha value is -0.570. The molecule has 100 valence electrons. The Kier molecular flexibility index (Phi) is 6.56. The molecule has 0 saturated carbocycles. The van der Waals surface area contributed by atoms with Crippen LogP contribution < -0.4 is 5.32 Å². The summed E-state index contributed by atoms with van der Waals surface area (Å²) in [5.74, 6) is 0.322. The molecule has 17 heavy (non-hydrogen) atoms. The van der Waals surface area contributed by atoms with Crippen LogP contribution in [0, 0.1) is 0 Å². The Morgan fingerprint density at radius 3 is 2.47 bits per heavy atom. The lowest BCUT2D eigenvalue weighted by Gasteiger charge is -2.20. The van der Waals surface area contributed by atoms with E-state index in [1.54, 1.807) is 0 Å². The van der Waals surface area contributed by atoms with Gasteiger partial charge in [0.15, 0.2) is 0 Å². The topological polar surface area (TPSA) is 32.3 Å². The Bertz CT molecular complexity index is 230. The molecule has 0 spiro atoms. The highest BCUT2D eigenvalue weighted by molar-refractivity contribution is 5.84. The summed E-state index contributed by atoms with van der Waals surface area (Å²) >= 11 is 0. The van der Waals surface area contributed by atoms with Crippen LogP contribution in [-0.2, 0) is 4.79 Å². The number of nitrogens with one attached hydrogen (secondary N) is 1. The third kappa shape index (κ3) is 4.30. The standard InChI is InChI=1S/C14H28N2O/c1-4-6-8-9-11-16-12(3)15-13(14(16)17)10-7-5-2/h12-13,15H,4-11H2,1-3H3. The van der Waals surface area contributed by atoms with E-state index in [1.165, 1.54) is 19.3 Å². The number of carbonyl (C=O) groups excluding carboxylic acids is 1. The summed E-state index contributed by atoms with van der Waals surface area (Å²) < 4.78 is 0. The van der Waals surface area contributed by atoms with Gasteiger partial charge in [0.1, 0.15) is 0 Å². The van der Waals surface area contributed by atoms with Gasteiger partial charge in [-0.3, -0.25) is 10.1 Å². The van der Waals surface area contributed by atoms with Crippen molar-refractivity contribution in [2.45, 2.75) is 77.9 Å². The van der Waals surface area contributed by atoms with E-state index in [2.05, 4.69) is 26.1 Å². The molecule has 1 saturated heterocycles. The van der Waals surface area contributed by atoms with Gasteiger partial charge in [0.25, 0.3) is 0 Å². The molecule has 1 N–H and O–H groups in total. The molecule has 0 aromatic heterocycles. The van der Waals surface area contributed by atoms with Crippen LogP contribution in [0.25, 0.3) is 0 Å². The van der Waals surface area contributed by atoms with Gasteiger partial charge in [-0.25, -0.2) is 0 Å². The zero-order valence-electron chi connectivity index (χ0n) is 11.7. The maximum atomic E-state index is 12.1. The summed E-state index contributed by atoms with van der Waals surface area (Å²) in [6.07, 6.45) is 8.44. The third-order valence-electron chi connectivity index (χ3n) is 3.59. The van der Waals surface area contributed by atoms with Crippen molar-refractivity contribution in [3.05, 3.63) is 0 Å². The van der Waals surface area contributed by atoms with Crippen molar-refractivity contribution in [2.24, 2.45) is 0 Å². The van der Waals surface area contributed by atoms with Gasteiger partial charge in [-0.05, 0) is 19.8 Å². The molecule has 0 radical (unpaired) electrons. The summed E-state index contributed by atoms with van der Waals surface area (Å²) in [6.45, 7) is 7.41. The highest BCUT2D eigenvalue weighted by atomic mass is 16.2. The normalized spacial score (nSPS) is 24.6. The van der Waals surface area contributed by atoms with Crippen LogP contribution in [0.4, 0.5) is 0 Å². The third-order valence-corrected chi connectivity index (χ3v) is 3.59. The fourth-order valence-electron chi connectivity index (χ4n) is 2.47. The summed E-state index contributed by atoms with van der Waals surface area (Å²) in [4.78, 5) is 14.2. The van der Waals surface area contributed by atoms with Crippen LogP contribution in [-0.4, -0.2) is 29.6 Å². The van der Waals surface area contributed by atoms with E-state index in [9.17, 15) is 4.79 Å². The van der Waals surface area contributed by atoms with Gasteiger partial charge in [-0.15, -0.1) is 0 Å². The van der Waals surface area contributed by atoms with Gasteiger partial charge in [-0.1, -0.05) is 46.0 Å². The molecule has 1 amide bonds. The average Bonchev–Trinajstić information content (AvgIpc) is 2.58. The fraction of sp³-hybridized carbons (Fsp3) is 0.929. The van der Waals surface area contributed by atoms with Gasteiger partial charge in [-0.2, -0.15) is 0 Å². The number of rotatable bonds is 8. The summed E-state index contributed by atoms with van der Waals surface area (Å²) in [7, 11) is 0. The second-order valence-electron chi connectivity index (χ2n) is 5.13. The molecule has 3 heteroatoms. The second-order valence-corrected chi connectivity index (χ2v) is 5.13. The Morgan fingerprint density at radius 2 is 1.82 bits per heavy atom. The molecule has 0 bridgehead atoms. The minimum atomic E-state index is 0.0797. The molecule has 1 aliphatic heterocycles. The molecule has 2 atom stereocenters. The van der Waals surface area contributed by atoms with Crippen LogP contribution >= 0.6 is 0 Å². The molecular formula is C14H28N2O. The van der Waals surface area contributed by atoms with Gasteiger partial charge in [0.2, 0.25) is 5.91 Å². The van der Waals surface area contributed by atoms with Gasteiger partial charge >= 0.3 is 0 Å².